The van der Waals surface area contributed by atoms with Crippen LogP contribution in [0.5, 0.6) is 5.75 Å². The van der Waals surface area contributed by atoms with Gasteiger partial charge in [-0.05, 0) is 73.8 Å². The molecule has 210 valence electrons. The SMILES string of the molecule is CC(C)COc1cc2c(=O)c3c4ccc(C#N)cc4[nH]c3n(C3CCNCC3)c2cc1-c1cccc(S(=O)(=O)F)c1. The number of nitrogens with one attached hydrogen (secondary N) is 2. The number of benzene rings is 3. The molecule has 41 heavy (non-hydrogen) atoms. The van der Waals surface area contributed by atoms with Gasteiger partial charge in [-0.25, -0.2) is 0 Å². The Bertz CT molecular complexity index is 2030. The van der Waals surface area contributed by atoms with Crippen molar-refractivity contribution in [2.75, 3.05) is 19.7 Å². The van der Waals surface area contributed by atoms with E-state index in [1.165, 1.54) is 18.2 Å². The van der Waals surface area contributed by atoms with E-state index in [9.17, 15) is 22.4 Å². The number of hydrogen-bond donors (Lipinski definition) is 2. The Balaban J connectivity index is 1.73. The third-order valence-electron chi connectivity index (χ3n) is 7.65. The molecule has 1 saturated heterocycles. The molecule has 1 aliphatic rings. The molecule has 0 aliphatic carbocycles. The molecule has 2 aromatic heterocycles. The molecule has 2 N–H and O–H groups in total. The van der Waals surface area contributed by atoms with Gasteiger partial charge in [0.25, 0.3) is 0 Å². The van der Waals surface area contributed by atoms with Gasteiger partial charge in [-0.3, -0.25) is 4.79 Å². The number of ether oxygens (including phenoxy) is 1. The lowest BCUT2D eigenvalue weighted by Crippen LogP contribution is -2.30. The molecule has 8 nitrogen and oxygen atoms in total. The van der Waals surface area contributed by atoms with E-state index < -0.39 is 15.1 Å². The van der Waals surface area contributed by atoms with E-state index in [-0.39, 0.29) is 17.4 Å². The van der Waals surface area contributed by atoms with Gasteiger partial charge < -0.3 is 19.6 Å². The van der Waals surface area contributed by atoms with E-state index in [0.717, 1.165) is 31.3 Å². The van der Waals surface area contributed by atoms with Crippen molar-refractivity contribution in [3.8, 4) is 22.9 Å². The van der Waals surface area contributed by atoms with Crippen molar-refractivity contribution in [2.24, 2.45) is 5.92 Å². The summed E-state index contributed by atoms with van der Waals surface area (Å²) in [5.74, 6) is 0.604. The number of aromatic amines is 1. The van der Waals surface area contributed by atoms with Crippen LogP contribution in [0.3, 0.4) is 0 Å². The lowest BCUT2D eigenvalue weighted by atomic mass is 9.99. The molecular weight excluding hydrogens is 543 g/mol. The van der Waals surface area contributed by atoms with Crippen LogP contribution in [0.2, 0.25) is 0 Å². The minimum absolute atomic E-state index is 0.0678. The highest BCUT2D eigenvalue weighted by Gasteiger charge is 2.25. The third-order valence-corrected chi connectivity index (χ3v) is 8.47. The smallest absolute Gasteiger partial charge is 0.332 e. The first kappa shape index (κ1) is 27.0. The fourth-order valence-corrected chi connectivity index (χ4v) is 6.24. The molecule has 0 amide bonds. The van der Waals surface area contributed by atoms with Crippen molar-refractivity contribution in [3.63, 3.8) is 0 Å². The number of hydrogen-bond acceptors (Lipinski definition) is 6. The van der Waals surface area contributed by atoms with E-state index in [1.54, 1.807) is 30.3 Å². The van der Waals surface area contributed by atoms with E-state index in [2.05, 4.69) is 20.9 Å². The maximum absolute atomic E-state index is 14.2. The molecule has 10 heteroatoms. The number of piperidine rings is 1. The van der Waals surface area contributed by atoms with Crippen LogP contribution in [0, 0.1) is 17.2 Å². The van der Waals surface area contributed by atoms with Crippen LogP contribution in [0.1, 0.15) is 38.3 Å². The average molecular weight is 573 g/mol. The van der Waals surface area contributed by atoms with Crippen LogP contribution >= 0.6 is 0 Å². The maximum atomic E-state index is 14.2. The van der Waals surface area contributed by atoms with Crippen LogP contribution in [0.25, 0.3) is 44.0 Å². The summed E-state index contributed by atoms with van der Waals surface area (Å²) in [6.07, 6.45) is 1.67. The van der Waals surface area contributed by atoms with Gasteiger partial charge in [-0.2, -0.15) is 13.7 Å². The van der Waals surface area contributed by atoms with Crippen molar-refractivity contribution in [1.29, 1.82) is 5.26 Å². The largest absolute Gasteiger partial charge is 0.493 e. The Hall–Kier alpha value is -4.20. The van der Waals surface area contributed by atoms with Crippen molar-refractivity contribution in [1.82, 2.24) is 14.9 Å². The van der Waals surface area contributed by atoms with Gasteiger partial charge in [-0.15, -0.1) is 3.89 Å². The lowest BCUT2D eigenvalue weighted by Gasteiger charge is -2.28. The van der Waals surface area contributed by atoms with Crippen LogP contribution in [-0.4, -0.2) is 37.7 Å². The Morgan fingerprint density at radius 3 is 2.59 bits per heavy atom. The first-order chi connectivity index (χ1) is 19.7. The fraction of sp³-hybridized carbons (Fsp3) is 0.290. The standard InChI is InChI=1S/C31H29FN4O4S/c1-18(2)17-40-28-15-25-27(14-24(28)20-4-3-5-22(13-20)41(32,38)39)36(21-8-10-34-11-9-21)31-29(30(25)37)23-7-6-19(16-33)12-26(23)35-31/h3-7,12-15,18,21,34-35H,8-11,17H2,1-2H3. The topological polar surface area (TPSA) is 117 Å². The predicted molar refractivity (Wildman–Crippen MR) is 157 cm³/mol. The molecule has 0 saturated carbocycles. The molecular formula is C31H29FN4O4S. The zero-order valence-electron chi connectivity index (χ0n) is 22.7. The molecule has 0 radical (unpaired) electrons. The molecule has 0 bridgehead atoms. The van der Waals surface area contributed by atoms with Crippen molar-refractivity contribution >= 4 is 43.1 Å². The molecule has 1 fully saturated rings. The molecule has 3 heterocycles. The second-order valence-electron chi connectivity index (χ2n) is 10.9. The molecule has 5 aromatic rings. The molecule has 0 atom stereocenters. The summed E-state index contributed by atoms with van der Waals surface area (Å²) in [5.41, 5.74) is 3.38. The second kappa shape index (κ2) is 10.3. The minimum Gasteiger partial charge on any atom is -0.493 e. The molecule has 1 aliphatic heterocycles. The first-order valence-corrected chi connectivity index (χ1v) is 15.0. The van der Waals surface area contributed by atoms with E-state index in [1.807, 2.05) is 19.9 Å². The van der Waals surface area contributed by atoms with Gasteiger partial charge in [0.2, 0.25) is 0 Å². The highest BCUT2D eigenvalue weighted by Crippen LogP contribution is 2.39. The summed E-state index contributed by atoms with van der Waals surface area (Å²) in [7, 11) is -4.93. The quantitative estimate of drug-likeness (QED) is 0.249. The molecule has 3 aromatic carbocycles. The van der Waals surface area contributed by atoms with Gasteiger partial charge >= 0.3 is 10.2 Å². The maximum Gasteiger partial charge on any atom is 0.332 e. The number of halogens is 1. The summed E-state index contributed by atoms with van der Waals surface area (Å²) in [6.45, 7) is 6.02. The first-order valence-electron chi connectivity index (χ1n) is 13.6. The normalized spacial score (nSPS) is 14.7. The van der Waals surface area contributed by atoms with Gasteiger partial charge in [0.1, 0.15) is 11.4 Å². The Kier molecular flexibility index (Phi) is 6.80. The Morgan fingerprint density at radius 2 is 1.88 bits per heavy atom. The van der Waals surface area contributed by atoms with Crippen LogP contribution < -0.4 is 15.5 Å². The number of pyridine rings is 1. The number of nitrogens with zero attached hydrogens (tertiary/aromatic N) is 2. The summed E-state index contributed by atoms with van der Waals surface area (Å²) in [5, 5.41) is 14.6. The zero-order chi connectivity index (χ0) is 28.9. The molecule has 0 spiro atoms. The highest BCUT2D eigenvalue weighted by atomic mass is 32.3. The monoisotopic (exact) mass is 572 g/mol. The fourth-order valence-electron chi connectivity index (χ4n) is 5.73. The van der Waals surface area contributed by atoms with Gasteiger partial charge in [0, 0.05) is 22.5 Å². The van der Waals surface area contributed by atoms with Gasteiger partial charge in [0.15, 0.2) is 5.43 Å². The summed E-state index contributed by atoms with van der Waals surface area (Å²) in [6, 6.07) is 16.8. The van der Waals surface area contributed by atoms with Gasteiger partial charge in [0.05, 0.1) is 39.4 Å². The summed E-state index contributed by atoms with van der Waals surface area (Å²) >= 11 is 0. The van der Waals surface area contributed by atoms with Crippen LogP contribution in [0.4, 0.5) is 3.89 Å². The predicted octanol–water partition coefficient (Wildman–Crippen LogP) is 5.79. The van der Waals surface area contributed by atoms with E-state index >= 15 is 0 Å². The second-order valence-corrected chi connectivity index (χ2v) is 12.3. The number of aromatic nitrogens is 2. The molecule has 0 unspecified atom stereocenters. The van der Waals surface area contributed by atoms with Crippen molar-refractivity contribution in [2.45, 2.75) is 37.6 Å². The van der Waals surface area contributed by atoms with Gasteiger partial charge in [-0.1, -0.05) is 32.0 Å². The Labute approximate surface area is 236 Å². The van der Waals surface area contributed by atoms with Crippen LogP contribution in [0.15, 0.2) is 64.3 Å². The number of H-pyrrole nitrogens is 1. The lowest BCUT2D eigenvalue weighted by molar-refractivity contribution is 0.272. The number of nitriles is 1. The molecule has 6 rings (SSSR count). The Morgan fingerprint density at radius 1 is 1.10 bits per heavy atom. The summed E-state index contributed by atoms with van der Waals surface area (Å²) in [4.78, 5) is 17.2. The van der Waals surface area contributed by atoms with Crippen molar-refractivity contribution < 1.29 is 17.0 Å². The van der Waals surface area contributed by atoms with E-state index in [0.29, 0.717) is 56.5 Å². The van der Waals surface area contributed by atoms with Crippen molar-refractivity contribution in [3.05, 3.63) is 70.4 Å². The third kappa shape index (κ3) is 4.85. The number of fused-ring (bicyclic) bond motifs is 4. The minimum atomic E-state index is -4.93. The summed E-state index contributed by atoms with van der Waals surface area (Å²) < 4.78 is 45.8. The average Bonchev–Trinajstić information content (AvgIpc) is 3.34. The zero-order valence-corrected chi connectivity index (χ0v) is 23.5. The van der Waals surface area contributed by atoms with Crippen LogP contribution in [-0.2, 0) is 10.2 Å². The van der Waals surface area contributed by atoms with E-state index in [4.69, 9.17) is 4.74 Å². The highest BCUT2D eigenvalue weighted by molar-refractivity contribution is 7.86. The number of rotatable bonds is 6.